The van der Waals surface area contributed by atoms with Gasteiger partial charge in [-0.25, -0.2) is 4.98 Å². The van der Waals surface area contributed by atoms with Gasteiger partial charge in [0.25, 0.3) is 5.91 Å². The van der Waals surface area contributed by atoms with E-state index in [9.17, 15) is 4.79 Å². The van der Waals surface area contributed by atoms with Gasteiger partial charge in [-0.2, -0.15) is 0 Å². The molecule has 1 fully saturated rings. The molecule has 0 saturated carbocycles. The van der Waals surface area contributed by atoms with Crippen LogP contribution in [-0.4, -0.2) is 48.5 Å². The molecule has 40 heavy (non-hydrogen) atoms. The van der Waals surface area contributed by atoms with E-state index in [0.29, 0.717) is 28.3 Å². The second kappa shape index (κ2) is 11.5. The first-order valence-corrected chi connectivity index (χ1v) is 15.6. The average Bonchev–Trinajstić information content (AvgIpc) is 3.47. The van der Waals surface area contributed by atoms with E-state index < -0.39 is 0 Å². The molecule has 6 rings (SSSR count). The van der Waals surface area contributed by atoms with Gasteiger partial charge in [0.05, 0.1) is 20.9 Å². The van der Waals surface area contributed by atoms with Crippen LogP contribution in [0.2, 0.25) is 10.0 Å². The first kappa shape index (κ1) is 27.3. The minimum absolute atomic E-state index is 0.0785. The molecule has 1 amide bonds. The minimum Gasteiger partial charge on any atom is -0.375 e. The molecule has 1 aliphatic rings. The van der Waals surface area contributed by atoms with Crippen molar-refractivity contribution in [1.82, 2.24) is 15.2 Å². The number of rotatable bonds is 7. The fraction of sp³-hybridized carbons (Fsp3) is 0.267. The number of hydrogen-bond acceptors (Lipinski definition) is 7. The van der Waals surface area contributed by atoms with E-state index in [-0.39, 0.29) is 5.91 Å². The summed E-state index contributed by atoms with van der Waals surface area (Å²) >= 11 is 15.8. The smallest absolute Gasteiger partial charge is 0.253 e. The molecule has 0 aliphatic carbocycles. The summed E-state index contributed by atoms with van der Waals surface area (Å²) in [5, 5.41) is 6.61. The van der Waals surface area contributed by atoms with Crippen LogP contribution in [0, 0.1) is 6.92 Å². The molecule has 3 aromatic carbocycles. The molecule has 3 heterocycles. The van der Waals surface area contributed by atoms with Crippen LogP contribution >= 0.6 is 45.9 Å². The van der Waals surface area contributed by atoms with Crippen LogP contribution in [0.5, 0.6) is 0 Å². The summed E-state index contributed by atoms with van der Waals surface area (Å²) in [5.41, 5.74) is 11.0. The first-order valence-electron chi connectivity index (χ1n) is 13.2. The number of amides is 1. The lowest BCUT2D eigenvalue weighted by Gasteiger charge is -2.36. The highest BCUT2D eigenvalue weighted by atomic mass is 35.5. The molecule has 6 nitrogen and oxygen atoms in total. The number of thiazole rings is 1. The molecule has 0 atom stereocenters. The van der Waals surface area contributed by atoms with E-state index >= 15 is 0 Å². The zero-order valence-electron chi connectivity index (χ0n) is 22.0. The molecule has 0 unspecified atom stereocenters. The minimum atomic E-state index is 0.0785. The summed E-state index contributed by atoms with van der Waals surface area (Å²) in [4.78, 5) is 23.3. The van der Waals surface area contributed by atoms with Gasteiger partial charge in [-0.15, -0.1) is 11.3 Å². The molecular weight excluding hydrogens is 581 g/mol. The van der Waals surface area contributed by atoms with Crippen LogP contribution in [0.3, 0.4) is 0 Å². The third kappa shape index (κ3) is 5.64. The Morgan fingerprint density at radius 1 is 1.00 bits per heavy atom. The largest absolute Gasteiger partial charge is 0.375 e. The van der Waals surface area contributed by atoms with Crippen molar-refractivity contribution >= 4 is 82.9 Å². The second-order valence-corrected chi connectivity index (χ2v) is 13.2. The lowest BCUT2D eigenvalue weighted by Crippen LogP contribution is -2.48. The highest BCUT2D eigenvalue weighted by Gasteiger charge is 2.24. The molecule has 10 heteroatoms. The van der Waals surface area contributed by atoms with Crippen LogP contribution in [-0.2, 0) is 13.0 Å². The number of aromatic nitrogens is 1. The predicted molar refractivity (Wildman–Crippen MR) is 171 cm³/mol. The van der Waals surface area contributed by atoms with E-state index in [4.69, 9.17) is 28.9 Å². The van der Waals surface area contributed by atoms with E-state index in [2.05, 4.69) is 52.5 Å². The Bertz CT molecular complexity index is 1710. The van der Waals surface area contributed by atoms with E-state index in [1.54, 1.807) is 17.4 Å². The van der Waals surface area contributed by atoms with Gasteiger partial charge in [-0.3, -0.25) is 4.79 Å². The van der Waals surface area contributed by atoms with Crippen molar-refractivity contribution in [2.45, 2.75) is 19.9 Å². The number of carbonyl (C=O) groups excluding carboxylic acids is 1. The summed E-state index contributed by atoms with van der Waals surface area (Å²) in [5.74, 6) is 0.0785. The number of nitrogens with two attached hydrogens (primary N) is 1. The Labute approximate surface area is 251 Å². The van der Waals surface area contributed by atoms with Crippen LogP contribution in [0.1, 0.15) is 26.4 Å². The Balaban J connectivity index is 1.09. The molecule has 1 aliphatic heterocycles. The molecule has 0 radical (unpaired) electrons. The molecule has 5 aromatic rings. The van der Waals surface area contributed by atoms with Gasteiger partial charge in [-0.05, 0) is 84.9 Å². The number of nitrogens with one attached hydrogen (secondary N) is 1. The summed E-state index contributed by atoms with van der Waals surface area (Å²) < 4.78 is 2.33. The number of thiophene rings is 1. The number of nitrogens with zero attached hydrogens (tertiary/aromatic N) is 3. The molecule has 2 aromatic heterocycles. The number of anilines is 2. The second-order valence-electron chi connectivity index (χ2n) is 10.0. The monoisotopic (exact) mass is 609 g/mol. The summed E-state index contributed by atoms with van der Waals surface area (Å²) in [7, 11) is 0. The highest BCUT2D eigenvalue weighted by molar-refractivity contribution is 7.22. The number of hydrogen-bond donors (Lipinski definition) is 2. The summed E-state index contributed by atoms with van der Waals surface area (Å²) in [6.45, 7) is 6.54. The summed E-state index contributed by atoms with van der Waals surface area (Å²) in [6.07, 6.45) is 0.899. The Kier molecular flexibility index (Phi) is 7.88. The molecular formula is C30H29Cl2N5OS2. The molecule has 206 valence electrons. The van der Waals surface area contributed by atoms with Gasteiger partial charge >= 0.3 is 0 Å². The van der Waals surface area contributed by atoms with Gasteiger partial charge < -0.3 is 20.9 Å². The van der Waals surface area contributed by atoms with Crippen molar-refractivity contribution in [1.29, 1.82) is 0 Å². The number of nitrogen functional groups attached to an aromatic ring is 1. The zero-order valence-corrected chi connectivity index (χ0v) is 25.2. The van der Waals surface area contributed by atoms with E-state index in [1.807, 2.05) is 23.1 Å². The van der Waals surface area contributed by atoms with Gasteiger partial charge in [0.2, 0.25) is 0 Å². The fourth-order valence-corrected chi connectivity index (χ4v) is 7.67. The number of piperazine rings is 1. The van der Waals surface area contributed by atoms with Gasteiger partial charge in [0.1, 0.15) is 0 Å². The SMILES string of the molecule is Cc1sc2ccc(C(=O)N3CCN(c4ccc(Cl)cc4Cl)CC3)cc2c1CCNCc1ccc2sc(N)nc2c1. The normalized spacial score (nSPS) is 14.0. The van der Waals surface area contributed by atoms with Crippen molar-refractivity contribution in [3.05, 3.63) is 86.2 Å². The van der Waals surface area contributed by atoms with Gasteiger partial charge in [-0.1, -0.05) is 40.6 Å². The predicted octanol–water partition coefficient (Wildman–Crippen LogP) is 7.00. The lowest BCUT2D eigenvalue weighted by atomic mass is 10.0. The number of benzene rings is 3. The molecule has 0 spiro atoms. The van der Waals surface area contributed by atoms with Crippen LogP contribution in [0.4, 0.5) is 10.8 Å². The number of carbonyl (C=O) groups is 1. The van der Waals surface area contributed by atoms with Gasteiger partial charge in [0, 0.05) is 52.9 Å². The molecule has 1 saturated heterocycles. The van der Waals surface area contributed by atoms with Crippen molar-refractivity contribution in [3.63, 3.8) is 0 Å². The quantitative estimate of drug-likeness (QED) is 0.194. The third-order valence-corrected chi connectivity index (χ3v) is 9.94. The van der Waals surface area contributed by atoms with Crippen molar-refractivity contribution in [3.8, 4) is 0 Å². The maximum absolute atomic E-state index is 13.5. The van der Waals surface area contributed by atoms with Gasteiger partial charge in [0.15, 0.2) is 5.13 Å². The zero-order chi connectivity index (χ0) is 27.8. The van der Waals surface area contributed by atoms with E-state index in [1.165, 1.54) is 37.4 Å². The van der Waals surface area contributed by atoms with Crippen molar-refractivity contribution in [2.75, 3.05) is 43.4 Å². The topological polar surface area (TPSA) is 74.5 Å². The molecule has 0 bridgehead atoms. The third-order valence-electron chi connectivity index (χ3n) is 7.41. The van der Waals surface area contributed by atoms with Crippen molar-refractivity contribution in [2.24, 2.45) is 0 Å². The standard InChI is InChI=1S/C30H29Cl2N5OS2/c1-18-22(8-9-34-17-19-2-6-28-25(14-19)35-30(33)40-28)23-15-20(3-7-27(23)39-18)29(38)37-12-10-36(11-13-37)26-5-4-21(31)16-24(26)32/h2-7,14-16,34H,8-13,17H2,1H3,(H2,33,35). The molecule has 3 N–H and O–H groups in total. The average molecular weight is 611 g/mol. The maximum Gasteiger partial charge on any atom is 0.253 e. The van der Waals surface area contributed by atoms with Crippen LogP contribution in [0.25, 0.3) is 20.3 Å². The number of aryl methyl sites for hydroxylation is 1. The highest BCUT2D eigenvalue weighted by Crippen LogP contribution is 2.33. The first-order chi connectivity index (χ1) is 19.4. The summed E-state index contributed by atoms with van der Waals surface area (Å²) in [6, 6.07) is 18.0. The Hall–Kier alpha value is -2.88. The van der Waals surface area contributed by atoms with Crippen LogP contribution < -0.4 is 16.0 Å². The van der Waals surface area contributed by atoms with Crippen LogP contribution in [0.15, 0.2) is 54.6 Å². The van der Waals surface area contributed by atoms with Crippen molar-refractivity contribution < 1.29 is 4.79 Å². The van der Waals surface area contributed by atoms with E-state index in [0.717, 1.165) is 54.1 Å². The fourth-order valence-electron chi connectivity index (χ4n) is 5.33. The lowest BCUT2D eigenvalue weighted by molar-refractivity contribution is 0.0747. The number of fused-ring (bicyclic) bond motifs is 2. The Morgan fingerprint density at radius 2 is 1.80 bits per heavy atom. The number of halogens is 2. The maximum atomic E-state index is 13.5. The Morgan fingerprint density at radius 3 is 2.60 bits per heavy atom.